The Kier molecular flexibility index (Phi) is 35.4. The molecule has 2 unspecified atom stereocenters. The number of carbonyl (C=O) groups excluding carboxylic acids is 5. The minimum atomic E-state index is -0.811. The molecule has 0 aliphatic rings. The van der Waals surface area contributed by atoms with Gasteiger partial charge in [0.05, 0.1) is 45.6 Å². The van der Waals surface area contributed by atoms with E-state index in [1.165, 1.54) is 0 Å². The van der Waals surface area contributed by atoms with Gasteiger partial charge in [0.2, 0.25) is 11.8 Å². The molecule has 0 spiro atoms. The zero-order valence-corrected chi connectivity index (χ0v) is 26.8. The lowest BCUT2D eigenvalue weighted by Crippen LogP contribution is -2.46. The molecule has 3 amide bonds. The van der Waals surface area contributed by atoms with Crippen LogP contribution in [0.3, 0.4) is 0 Å². The summed E-state index contributed by atoms with van der Waals surface area (Å²) in [6, 6.07) is 8.39. The van der Waals surface area contributed by atoms with Crippen molar-refractivity contribution in [3.05, 3.63) is 35.9 Å². The Morgan fingerprint density at radius 1 is 0.816 bits per heavy atom. The molecule has 0 saturated heterocycles. The molecular formula is C36H67N3O10. The van der Waals surface area contributed by atoms with E-state index in [-0.39, 0.29) is 112 Å². The first-order valence-corrected chi connectivity index (χ1v) is 15.5. The average molecular weight is 702 g/mol. The zero-order valence-electron chi connectivity index (χ0n) is 26.8. The summed E-state index contributed by atoms with van der Waals surface area (Å²) < 4.78 is 20.2. The molecule has 0 fully saturated rings. The lowest BCUT2D eigenvalue weighted by Gasteiger charge is -2.23. The Bertz CT molecular complexity index is 1010. The Hall–Kier alpha value is -3.39. The number of ether oxygens (including phenoxy) is 4. The third-order valence-electron chi connectivity index (χ3n) is 6.53. The summed E-state index contributed by atoms with van der Waals surface area (Å²) in [7, 11) is 1.59. The first-order chi connectivity index (χ1) is 21.7. The van der Waals surface area contributed by atoms with Gasteiger partial charge in [0.1, 0.15) is 6.61 Å². The van der Waals surface area contributed by atoms with Crippen LogP contribution in [0.15, 0.2) is 30.3 Å². The number of ketones is 2. The molecule has 4 N–H and O–H groups in total. The number of hydrogen-bond acceptors (Lipinski definition) is 10. The molecule has 1 rings (SSSR count). The summed E-state index contributed by atoms with van der Waals surface area (Å²) in [5.74, 6) is -2.05. The quantitative estimate of drug-likeness (QED) is 0.103. The van der Waals surface area contributed by atoms with Crippen molar-refractivity contribution in [1.29, 1.82) is 0 Å². The number of hydrogen-bond donors (Lipinski definition) is 4. The fraction of sp³-hybridized carbons (Fsp3) is 0.694. The molecular weight excluding hydrogens is 634 g/mol. The summed E-state index contributed by atoms with van der Waals surface area (Å²) >= 11 is 0. The lowest BCUT2D eigenvalue weighted by molar-refractivity contribution is -0.133. The van der Waals surface area contributed by atoms with Crippen LogP contribution in [-0.4, -0.2) is 107 Å². The van der Waals surface area contributed by atoms with Gasteiger partial charge in [-0.05, 0) is 30.7 Å². The molecule has 0 aliphatic heterocycles. The van der Waals surface area contributed by atoms with E-state index in [4.69, 9.17) is 24.1 Å². The highest BCUT2D eigenvalue weighted by molar-refractivity contribution is 5.94. The Labute approximate surface area is 295 Å². The van der Waals surface area contributed by atoms with Crippen molar-refractivity contribution < 1.29 is 48.0 Å². The molecule has 0 bridgehead atoms. The van der Waals surface area contributed by atoms with Crippen molar-refractivity contribution in [2.75, 3.05) is 66.4 Å². The number of amides is 3. The molecule has 0 saturated carbocycles. The van der Waals surface area contributed by atoms with Gasteiger partial charge in [0.15, 0.2) is 11.6 Å². The fourth-order valence-electron chi connectivity index (χ4n) is 4.26. The number of methoxy groups -OCH3 is 1. The van der Waals surface area contributed by atoms with Crippen LogP contribution in [0.25, 0.3) is 0 Å². The highest BCUT2D eigenvalue weighted by Gasteiger charge is 2.28. The molecule has 0 aliphatic carbocycles. The van der Waals surface area contributed by atoms with Crippen LogP contribution < -0.4 is 16.0 Å². The van der Waals surface area contributed by atoms with Crippen molar-refractivity contribution in [1.82, 2.24) is 16.0 Å². The summed E-state index contributed by atoms with van der Waals surface area (Å²) in [6.45, 7) is 5.47. The standard InChI is InChI=1S/C32H51N3O10.4CH4/c1-24(2)20-28(29(38)10-11-30(39)33-12-7-14-43-17-16-42-3)35-31(40)26(21-25-8-5-4-6-9-25)22-27(37)23-34-32(41)45-19-18-44-15-13-36;;;;/h4-6,8-9,24,26,28,36H,7,10-23H2,1-3H3,(H,33,39)(H,34,41)(H,35,40);4*1H4. The maximum absolute atomic E-state index is 13.5. The molecule has 13 heteroatoms. The van der Waals surface area contributed by atoms with E-state index < -0.39 is 24.0 Å². The first kappa shape index (κ1) is 52.4. The minimum absolute atomic E-state index is 0. The van der Waals surface area contributed by atoms with Gasteiger partial charge in [-0.3, -0.25) is 19.2 Å². The monoisotopic (exact) mass is 701 g/mol. The largest absolute Gasteiger partial charge is 0.447 e. The molecule has 1 aromatic carbocycles. The van der Waals surface area contributed by atoms with Gasteiger partial charge in [-0.25, -0.2) is 4.79 Å². The summed E-state index contributed by atoms with van der Waals surface area (Å²) in [5, 5.41) is 16.7. The zero-order chi connectivity index (χ0) is 33.3. The smallest absolute Gasteiger partial charge is 0.407 e. The Morgan fingerprint density at radius 3 is 2.10 bits per heavy atom. The molecule has 0 radical (unpaired) electrons. The molecule has 49 heavy (non-hydrogen) atoms. The van der Waals surface area contributed by atoms with Crippen LogP contribution in [-0.2, 0) is 44.5 Å². The molecule has 1 aromatic rings. The summed E-state index contributed by atoms with van der Waals surface area (Å²) in [6.07, 6.45) is 0.261. The molecule has 0 aromatic heterocycles. The van der Waals surface area contributed by atoms with E-state index in [9.17, 15) is 24.0 Å². The van der Waals surface area contributed by atoms with Gasteiger partial charge in [0.25, 0.3) is 0 Å². The third-order valence-corrected chi connectivity index (χ3v) is 6.53. The maximum atomic E-state index is 13.5. The molecule has 0 heterocycles. The van der Waals surface area contributed by atoms with Gasteiger partial charge >= 0.3 is 6.09 Å². The van der Waals surface area contributed by atoms with Crippen molar-refractivity contribution in [2.45, 2.75) is 88.1 Å². The van der Waals surface area contributed by atoms with Crippen molar-refractivity contribution >= 4 is 29.5 Å². The van der Waals surface area contributed by atoms with Gasteiger partial charge < -0.3 is 40.0 Å². The highest BCUT2D eigenvalue weighted by Crippen LogP contribution is 2.16. The van der Waals surface area contributed by atoms with E-state index in [1.54, 1.807) is 7.11 Å². The molecule has 13 nitrogen and oxygen atoms in total. The van der Waals surface area contributed by atoms with Crippen LogP contribution in [0.5, 0.6) is 0 Å². The van der Waals surface area contributed by atoms with Crippen LogP contribution in [0, 0.1) is 11.8 Å². The second-order valence-corrected chi connectivity index (χ2v) is 10.9. The number of rotatable bonds is 26. The van der Waals surface area contributed by atoms with Crippen molar-refractivity contribution in [3.63, 3.8) is 0 Å². The number of aliphatic hydroxyl groups is 1. The Morgan fingerprint density at radius 2 is 1.47 bits per heavy atom. The van der Waals surface area contributed by atoms with Gasteiger partial charge in [-0.2, -0.15) is 0 Å². The minimum Gasteiger partial charge on any atom is -0.447 e. The van der Waals surface area contributed by atoms with Gasteiger partial charge in [-0.15, -0.1) is 0 Å². The predicted octanol–water partition coefficient (Wildman–Crippen LogP) is 4.13. The number of aliphatic hydroxyl groups excluding tert-OH is 1. The molecule has 2 atom stereocenters. The van der Waals surface area contributed by atoms with Crippen LogP contribution in [0.4, 0.5) is 4.79 Å². The van der Waals surface area contributed by atoms with E-state index >= 15 is 0 Å². The van der Waals surface area contributed by atoms with Crippen molar-refractivity contribution in [2.24, 2.45) is 11.8 Å². The summed E-state index contributed by atoms with van der Waals surface area (Å²) in [5.41, 5.74) is 0.841. The molecule has 286 valence electrons. The fourth-order valence-corrected chi connectivity index (χ4v) is 4.26. The number of carbonyl (C=O) groups is 5. The summed E-state index contributed by atoms with van der Waals surface area (Å²) in [4.78, 5) is 63.6. The topological polar surface area (TPSA) is 179 Å². The third kappa shape index (κ3) is 27.2. The lowest BCUT2D eigenvalue weighted by atomic mass is 9.91. The number of alkyl carbamates (subject to hydrolysis) is 1. The number of Topliss-reactive ketones (excluding diaryl/α,β-unsaturated/α-hetero) is 2. The highest BCUT2D eigenvalue weighted by atomic mass is 16.6. The van der Waals surface area contributed by atoms with E-state index in [0.29, 0.717) is 39.2 Å². The Balaban J connectivity index is -0.00000253. The van der Waals surface area contributed by atoms with Crippen LogP contribution >= 0.6 is 0 Å². The van der Waals surface area contributed by atoms with E-state index in [1.807, 2.05) is 44.2 Å². The SMILES string of the molecule is C.C.C.C.COCCOCCCNC(=O)CCC(=O)C(CC(C)C)NC(=O)C(CC(=O)CNC(=O)OCCOCCO)Cc1ccccc1. The van der Waals surface area contributed by atoms with Gasteiger partial charge in [0, 0.05) is 45.4 Å². The average Bonchev–Trinajstić information content (AvgIpc) is 3.01. The predicted molar refractivity (Wildman–Crippen MR) is 193 cm³/mol. The second kappa shape index (κ2) is 33.1. The first-order valence-electron chi connectivity index (χ1n) is 15.5. The van der Waals surface area contributed by atoms with Gasteiger partial charge in [-0.1, -0.05) is 73.9 Å². The van der Waals surface area contributed by atoms with Crippen LogP contribution in [0.2, 0.25) is 0 Å². The van der Waals surface area contributed by atoms with Crippen molar-refractivity contribution in [3.8, 4) is 0 Å². The van der Waals surface area contributed by atoms with Crippen LogP contribution in [0.1, 0.15) is 81.2 Å². The normalized spacial score (nSPS) is 11.3. The number of nitrogens with one attached hydrogen (secondary N) is 3. The van der Waals surface area contributed by atoms with E-state index in [0.717, 1.165) is 5.56 Å². The van der Waals surface area contributed by atoms with E-state index in [2.05, 4.69) is 16.0 Å². The second-order valence-electron chi connectivity index (χ2n) is 10.9. The maximum Gasteiger partial charge on any atom is 0.407 e. The number of benzene rings is 1.